The van der Waals surface area contributed by atoms with Crippen LogP contribution < -0.4 is 5.32 Å². The Bertz CT molecular complexity index is 935. The minimum absolute atomic E-state index is 0.0397. The number of halogens is 1. The van der Waals surface area contributed by atoms with E-state index in [1.165, 1.54) is 6.07 Å². The molecular formula is C22H24INO6S. The zero-order valence-electron chi connectivity index (χ0n) is 17.1. The summed E-state index contributed by atoms with van der Waals surface area (Å²) in [5, 5.41) is 12.6. The number of amides is 2. The Labute approximate surface area is 200 Å². The molecular weight excluding hydrogens is 533 g/mol. The van der Waals surface area contributed by atoms with E-state index in [0.29, 0.717) is 17.5 Å². The van der Waals surface area contributed by atoms with Crippen LogP contribution >= 0.6 is 35.2 Å². The van der Waals surface area contributed by atoms with Gasteiger partial charge in [0.15, 0.2) is 0 Å². The maximum Gasteiger partial charge on any atom is 0.414 e. The second-order valence-electron chi connectivity index (χ2n) is 7.43. The van der Waals surface area contributed by atoms with Gasteiger partial charge in [-0.25, -0.2) is 4.79 Å². The molecule has 0 spiro atoms. The topological polar surface area (TPSA) is 102 Å². The average Bonchev–Trinajstić information content (AvgIpc) is 2.74. The first kappa shape index (κ1) is 25.0. The molecule has 0 saturated heterocycles. The average molecular weight is 557 g/mol. The van der Waals surface area contributed by atoms with Gasteiger partial charge in [0.1, 0.15) is 11.9 Å². The van der Waals surface area contributed by atoms with Crippen LogP contribution in [0, 0.1) is 8.99 Å². The largest absolute Gasteiger partial charge is 0.508 e. The number of rotatable bonds is 8. The van der Waals surface area contributed by atoms with Gasteiger partial charge in [-0.2, -0.15) is 12.6 Å². The van der Waals surface area contributed by atoms with Gasteiger partial charge in [0.25, 0.3) is 5.91 Å². The molecule has 0 radical (unpaired) electrons. The molecule has 0 aliphatic carbocycles. The molecule has 2 aromatic carbocycles. The second-order valence-corrected chi connectivity index (χ2v) is 8.99. The van der Waals surface area contributed by atoms with Gasteiger partial charge in [-0.15, -0.1) is 0 Å². The van der Waals surface area contributed by atoms with Crippen LogP contribution in [-0.4, -0.2) is 35.4 Å². The van der Waals surface area contributed by atoms with Gasteiger partial charge < -0.3 is 14.6 Å². The molecule has 0 unspecified atom stereocenters. The van der Waals surface area contributed by atoms with Crippen molar-refractivity contribution in [3.8, 4) is 5.75 Å². The molecule has 0 heterocycles. The molecule has 31 heavy (non-hydrogen) atoms. The molecule has 7 nitrogen and oxygen atoms in total. The fourth-order valence-electron chi connectivity index (χ4n) is 2.87. The summed E-state index contributed by atoms with van der Waals surface area (Å²) in [5.74, 6) is -1.15. The Morgan fingerprint density at radius 3 is 2.48 bits per heavy atom. The molecule has 0 aliphatic heterocycles. The summed E-state index contributed by atoms with van der Waals surface area (Å²) < 4.78 is 11.6. The zero-order chi connectivity index (χ0) is 23.0. The smallest absolute Gasteiger partial charge is 0.414 e. The van der Waals surface area contributed by atoms with Crippen LogP contribution in [0.3, 0.4) is 0 Å². The third-order valence-corrected chi connectivity index (χ3v) is 5.53. The normalized spacial score (nSPS) is 12.0. The number of phenolic OH excluding ortho intramolecular Hbond substituents is 1. The molecule has 166 valence electrons. The number of esters is 1. The first-order chi connectivity index (χ1) is 14.6. The number of benzene rings is 2. The third-order valence-electron chi connectivity index (χ3n) is 4.60. The van der Waals surface area contributed by atoms with E-state index < -0.39 is 29.5 Å². The lowest BCUT2D eigenvalue weighted by Gasteiger charge is -2.34. The van der Waals surface area contributed by atoms with Crippen LogP contribution in [0.25, 0.3) is 0 Å². The minimum atomic E-state index is -0.947. The number of carbonyl (C=O) groups excluding carboxylic acids is 3. The monoisotopic (exact) mass is 557 g/mol. The standard InChI is InChI=1S/C22H24INO6S/c1-22(2,10-11-29-18(26)13-31)19(16-12-15(23)8-9-17(16)25)30-21(28)24-20(27)14-6-4-3-5-7-14/h3-9,12,19,25,31H,10-11,13H2,1-2H3,(H,24,27,28)/t19-/m1/s1. The van der Waals surface area contributed by atoms with E-state index in [4.69, 9.17) is 9.47 Å². The first-order valence-corrected chi connectivity index (χ1v) is 11.2. The molecule has 2 amide bonds. The number of aromatic hydroxyl groups is 1. The number of hydrogen-bond acceptors (Lipinski definition) is 7. The molecule has 9 heteroatoms. The van der Waals surface area contributed by atoms with Crippen molar-refractivity contribution in [1.82, 2.24) is 5.32 Å². The van der Waals surface area contributed by atoms with Crippen LogP contribution in [0.2, 0.25) is 0 Å². The molecule has 0 aromatic heterocycles. The molecule has 0 saturated carbocycles. The molecule has 2 aromatic rings. The van der Waals surface area contributed by atoms with E-state index in [2.05, 4.69) is 40.5 Å². The van der Waals surface area contributed by atoms with Gasteiger partial charge in [-0.05, 0) is 59.3 Å². The van der Waals surface area contributed by atoms with E-state index >= 15 is 0 Å². The predicted molar refractivity (Wildman–Crippen MR) is 127 cm³/mol. The summed E-state index contributed by atoms with van der Waals surface area (Å²) in [6.45, 7) is 3.72. The van der Waals surface area contributed by atoms with Gasteiger partial charge >= 0.3 is 12.1 Å². The van der Waals surface area contributed by atoms with Crippen molar-refractivity contribution >= 4 is 53.2 Å². The Kier molecular flexibility index (Phi) is 9.17. The quantitative estimate of drug-likeness (QED) is 0.251. The number of carbonyl (C=O) groups is 3. The van der Waals surface area contributed by atoms with Crippen LogP contribution in [0.15, 0.2) is 48.5 Å². The highest BCUT2D eigenvalue weighted by Gasteiger charge is 2.36. The van der Waals surface area contributed by atoms with Crippen molar-refractivity contribution < 1.29 is 29.0 Å². The number of imide groups is 1. The van der Waals surface area contributed by atoms with Crippen molar-refractivity contribution in [2.24, 2.45) is 5.41 Å². The fourth-order valence-corrected chi connectivity index (χ4v) is 3.48. The van der Waals surface area contributed by atoms with Crippen molar-refractivity contribution in [2.45, 2.75) is 26.4 Å². The van der Waals surface area contributed by atoms with E-state index in [-0.39, 0.29) is 18.1 Å². The molecule has 2 N–H and O–H groups in total. The summed E-state index contributed by atoms with van der Waals surface area (Å²) in [4.78, 5) is 36.2. The van der Waals surface area contributed by atoms with E-state index in [9.17, 15) is 19.5 Å². The minimum Gasteiger partial charge on any atom is -0.508 e. The summed E-state index contributed by atoms with van der Waals surface area (Å²) in [5.41, 5.74) is -0.0443. The molecule has 0 bridgehead atoms. The van der Waals surface area contributed by atoms with Crippen molar-refractivity contribution in [3.63, 3.8) is 0 Å². The summed E-state index contributed by atoms with van der Waals surface area (Å²) in [6.07, 6.45) is -1.53. The Balaban J connectivity index is 2.23. The lowest BCUT2D eigenvalue weighted by molar-refractivity contribution is -0.141. The number of thiol groups is 1. The van der Waals surface area contributed by atoms with Gasteiger partial charge in [-0.3, -0.25) is 14.9 Å². The number of nitrogens with one attached hydrogen (secondary N) is 1. The van der Waals surface area contributed by atoms with Gasteiger partial charge in [0.05, 0.1) is 12.4 Å². The summed E-state index contributed by atoms with van der Waals surface area (Å²) >= 11 is 5.96. The van der Waals surface area contributed by atoms with E-state index in [0.717, 1.165) is 3.57 Å². The van der Waals surface area contributed by atoms with Crippen LogP contribution in [-0.2, 0) is 14.3 Å². The number of hydrogen-bond donors (Lipinski definition) is 3. The Hall–Kier alpha value is -2.27. The summed E-state index contributed by atoms with van der Waals surface area (Å²) in [7, 11) is 0. The third kappa shape index (κ3) is 7.42. The number of alkyl carbamates (subject to hydrolysis) is 1. The lowest BCUT2D eigenvalue weighted by Crippen LogP contribution is -2.36. The van der Waals surface area contributed by atoms with Crippen molar-refractivity contribution in [2.75, 3.05) is 12.4 Å². The Morgan fingerprint density at radius 1 is 1.16 bits per heavy atom. The maximum atomic E-state index is 12.5. The molecule has 2 rings (SSSR count). The van der Waals surface area contributed by atoms with Crippen LogP contribution in [0.1, 0.15) is 42.3 Å². The highest BCUT2D eigenvalue weighted by Crippen LogP contribution is 2.43. The molecule has 1 atom stereocenters. The van der Waals surface area contributed by atoms with Gasteiger partial charge in [0, 0.05) is 20.1 Å². The number of phenols is 1. The van der Waals surface area contributed by atoms with Crippen LogP contribution in [0.5, 0.6) is 5.75 Å². The second kappa shape index (κ2) is 11.4. The maximum absolute atomic E-state index is 12.5. The Morgan fingerprint density at radius 2 is 1.84 bits per heavy atom. The van der Waals surface area contributed by atoms with E-state index in [1.54, 1.807) is 42.5 Å². The molecule has 0 fully saturated rings. The SMILES string of the molecule is CC(C)(CCOC(=O)CS)[C@H](OC(=O)NC(=O)c1ccccc1)c1cc(I)ccc1O. The molecule has 0 aliphatic rings. The van der Waals surface area contributed by atoms with Crippen molar-refractivity contribution in [1.29, 1.82) is 0 Å². The predicted octanol–water partition coefficient (Wildman–Crippen LogP) is 4.49. The fraction of sp³-hybridized carbons (Fsp3) is 0.318. The van der Waals surface area contributed by atoms with Crippen molar-refractivity contribution in [3.05, 3.63) is 63.2 Å². The number of ether oxygens (including phenoxy) is 2. The first-order valence-electron chi connectivity index (χ1n) is 9.46. The van der Waals surface area contributed by atoms with E-state index in [1.807, 2.05) is 13.8 Å². The highest BCUT2D eigenvalue weighted by molar-refractivity contribution is 14.1. The van der Waals surface area contributed by atoms with Gasteiger partial charge in [-0.1, -0.05) is 32.0 Å². The lowest BCUT2D eigenvalue weighted by atomic mass is 9.79. The van der Waals surface area contributed by atoms with Crippen LogP contribution in [0.4, 0.5) is 4.79 Å². The highest BCUT2D eigenvalue weighted by atomic mass is 127. The summed E-state index contributed by atoms with van der Waals surface area (Å²) in [6, 6.07) is 13.2. The van der Waals surface area contributed by atoms with Gasteiger partial charge in [0.2, 0.25) is 0 Å². The zero-order valence-corrected chi connectivity index (χ0v) is 20.2.